The second-order valence-corrected chi connectivity index (χ2v) is 2.70. The van der Waals surface area contributed by atoms with Crippen molar-refractivity contribution < 1.29 is 9.53 Å². The first-order valence-corrected chi connectivity index (χ1v) is 3.89. The van der Waals surface area contributed by atoms with Gasteiger partial charge in [-0.15, -0.1) is 0 Å². The van der Waals surface area contributed by atoms with E-state index in [1.165, 1.54) is 13.2 Å². The Morgan fingerprint density at radius 3 is 2.85 bits per heavy atom. The van der Waals surface area contributed by atoms with Crippen LogP contribution < -0.4 is 0 Å². The summed E-state index contributed by atoms with van der Waals surface area (Å²) in [5.74, 6) is -0.358. The molecule has 0 aromatic carbocycles. The highest BCUT2D eigenvalue weighted by Gasteiger charge is 1.99. The molecule has 1 aromatic heterocycles. The summed E-state index contributed by atoms with van der Waals surface area (Å²) in [6.07, 6.45) is 4.91. The van der Waals surface area contributed by atoms with Gasteiger partial charge in [-0.1, -0.05) is 0 Å². The smallest absolute Gasteiger partial charge is 0.330 e. The molecule has 0 saturated carbocycles. The van der Waals surface area contributed by atoms with Gasteiger partial charge in [0.1, 0.15) is 0 Å². The van der Waals surface area contributed by atoms with Crippen molar-refractivity contribution >= 4 is 12.0 Å². The van der Waals surface area contributed by atoms with Crippen molar-refractivity contribution in [3.63, 3.8) is 0 Å². The van der Waals surface area contributed by atoms with Gasteiger partial charge in [0.05, 0.1) is 12.8 Å². The molecule has 0 amide bonds. The van der Waals surface area contributed by atoms with E-state index in [1.807, 2.05) is 20.2 Å². The second-order valence-electron chi connectivity index (χ2n) is 2.70. The average Bonchev–Trinajstić information content (AvgIpc) is 2.41. The number of methoxy groups -OCH3 is 1. The van der Waals surface area contributed by atoms with Gasteiger partial charge in [-0.3, -0.25) is 4.68 Å². The van der Waals surface area contributed by atoms with E-state index in [4.69, 9.17) is 0 Å². The van der Waals surface area contributed by atoms with Crippen molar-refractivity contribution in [2.75, 3.05) is 7.11 Å². The van der Waals surface area contributed by atoms with Crippen molar-refractivity contribution in [1.82, 2.24) is 9.78 Å². The summed E-state index contributed by atoms with van der Waals surface area (Å²) < 4.78 is 6.17. The molecule has 4 heteroatoms. The lowest BCUT2D eigenvalue weighted by Crippen LogP contribution is -1.93. The van der Waals surface area contributed by atoms with Crippen molar-refractivity contribution in [3.05, 3.63) is 23.5 Å². The lowest BCUT2D eigenvalue weighted by molar-refractivity contribution is -0.134. The number of hydrogen-bond donors (Lipinski definition) is 0. The van der Waals surface area contributed by atoms with Crippen molar-refractivity contribution in [1.29, 1.82) is 0 Å². The summed E-state index contributed by atoms with van der Waals surface area (Å²) >= 11 is 0. The fourth-order valence-electron chi connectivity index (χ4n) is 1.01. The Bertz CT molecular complexity index is 339. The summed E-state index contributed by atoms with van der Waals surface area (Å²) in [5.41, 5.74) is 1.82. The molecular weight excluding hydrogens is 168 g/mol. The van der Waals surface area contributed by atoms with E-state index < -0.39 is 0 Å². The van der Waals surface area contributed by atoms with Crippen LogP contribution in [0.1, 0.15) is 11.3 Å². The zero-order valence-corrected chi connectivity index (χ0v) is 7.94. The number of carbonyl (C=O) groups is 1. The van der Waals surface area contributed by atoms with Crippen molar-refractivity contribution in [3.8, 4) is 0 Å². The summed E-state index contributed by atoms with van der Waals surface area (Å²) in [5, 5.41) is 4.13. The third-order valence-corrected chi connectivity index (χ3v) is 1.65. The van der Waals surface area contributed by atoms with Gasteiger partial charge < -0.3 is 4.74 Å². The van der Waals surface area contributed by atoms with E-state index in [1.54, 1.807) is 10.8 Å². The Balaban J connectivity index is 2.79. The minimum atomic E-state index is -0.358. The molecule has 1 rings (SSSR count). The Morgan fingerprint density at radius 1 is 1.69 bits per heavy atom. The van der Waals surface area contributed by atoms with Gasteiger partial charge in [0.15, 0.2) is 0 Å². The maximum Gasteiger partial charge on any atom is 0.330 e. The molecule has 70 valence electrons. The number of nitrogens with zero attached hydrogens (tertiary/aromatic N) is 2. The molecule has 0 radical (unpaired) electrons. The zero-order valence-electron chi connectivity index (χ0n) is 7.94. The molecule has 1 heterocycles. The van der Waals surface area contributed by atoms with Crippen LogP contribution in [0.5, 0.6) is 0 Å². The largest absolute Gasteiger partial charge is 0.466 e. The highest BCUT2D eigenvalue weighted by Crippen LogP contribution is 2.06. The van der Waals surface area contributed by atoms with Crippen LogP contribution in [0.3, 0.4) is 0 Å². The molecule has 0 saturated heterocycles. The standard InChI is InChI=1S/C9H12N2O2/c1-7-8(6-11(2)10-7)4-5-9(12)13-3/h4-6H,1-3H3/b5-4+. The molecule has 0 fully saturated rings. The number of carbonyl (C=O) groups excluding carboxylic acids is 1. The van der Waals surface area contributed by atoms with Gasteiger partial charge >= 0.3 is 5.97 Å². The van der Waals surface area contributed by atoms with E-state index >= 15 is 0 Å². The monoisotopic (exact) mass is 180 g/mol. The van der Waals surface area contributed by atoms with Gasteiger partial charge in [-0.25, -0.2) is 4.79 Å². The van der Waals surface area contributed by atoms with Gasteiger partial charge in [-0.05, 0) is 13.0 Å². The molecule has 0 atom stereocenters. The van der Waals surface area contributed by atoms with E-state index in [0.717, 1.165) is 11.3 Å². The fraction of sp³-hybridized carbons (Fsp3) is 0.333. The summed E-state index contributed by atoms with van der Waals surface area (Å²) in [7, 11) is 3.19. The fourth-order valence-corrected chi connectivity index (χ4v) is 1.01. The molecule has 4 nitrogen and oxygen atoms in total. The zero-order chi connectivity index (χ0) is 9.84. The minimum absolute atomic E-state index is 0.358. The van der Waals surface area contributed by atoms with E-state index in [-0.39, 0.29) is 5.97 Å². The lowest BCUT2D eigenvalue weighted by Gasteiger charge is -1.89. The van der Waals surface area contributed by atoms with Gasteiger partial charge in [0.25, 0.3) is 0 Å². The van der Waals surface area contributed by atoms with Crippen molar-refractivity contribution in [2.45, 2.75) is 6.92 Å². The third-order valence-electron chi connectivity index (χ3n) is 1.65. The Labute approximate surface area is 76.8 Å². The van der Waals surface area contributed by atoms with Crippen LogP contribution in [-0.4, -0.2) is 22.9 Å². The third kappa shape index (κ3) is 2.43. The van der Waals surface area contributed by atoms with Crippen molar-refractivity contribution in [2.24, 2.45) is 7.05 Å². The van der Waals surface area contributed by atoms with Gasteiger partial charge in [0, 0.05) is 24.9 Å². The first kappa shape index (κ1) is 9.51. The van der Waals surface area contributed by atoms with E-state index in [2.05, 4.69) is 9.84 Å². The second kappa shape index (κ2) is 3.89. The summed E-state index contributed by atoms with van der Waals surface area (Å²) in [6.45, 7) is 1.89. The van der Waals surface area contributed by atoms with E-state index in [0.29, 0.717) is 0 Å². The molecule has 0 bridgehead atoms. The van der Waals surface area contributed by atoms with Crippen LogP contribution in [0.2, 0.25) is 0 Å². The predicted octanol–water partition coefficient (Wildman–Crippen LogP) is 0.915. The maximum absolute atomic E-state index is 10.8. The van der Waals surface area contributed by atoms with Crippen LogP contribution in [-0.2, 0) is 16.6 Å². The number of esters is 1. The lowest BCUT2D eigenvalue weighted by atomic mass is 10.2. The van der Waals surface area contributed by atoms with E-state index in [9.17, 15) is 4.79 Å². The molecule has 0 N–H and O–H groups in total. The Morgan fingerprint density at radius 2 is 2.38 bits per heavy atom. The highest BCUT2D eigenvalue weighted by molar-refractivity contribution is 5.87. The quantitative estimate of drug-likeness (QED) is 0.502. The minimum Gasteiger partial charge on any atom is -0.466 e. The molecule has 0 aliphatic heterocycles. The molecule has 1 aromatic rings. The number of rotatable bonds is 2. The molecular formula is C9H12N2O2. The van der Waals surface area contributed by atoms with Gasteiger partial charge in [-0.2, -0.15) is 5.10 Å². The van der Waals surface area contributed by atoms with Crippen LogP contribution in [0, 0.1) is 6.92 Å². The number of hydrogen-bond acceptors (Lipinski definition) is 3. The number of aryl methyl sites for hydroxylation is 2. The molecule has 0 unspecified atom stereocenters. The highest BCUT2D eigenvalue weighted by atomic mass is 16.5. The SMILES string of the molecule is COC(=O)/C=C/c1cn(C)nc1C. The first-order valence-electron chi connectivity index (χ1n) is 3.89. The predicted molar refractivity (Wildman–Crippen MR) is 49.0 cm³/mol. The van der Waals surface area contributed by atoms with Crippen LogP contribution in [0.15, 0.2) is 12.3 Å². The summed E-state index contributed by atoms with van der Waals surface area (Å²) in [6, 6.07) is 0. The Hall–Kier alpha value is -1.58. The summed E-state index contributed by atoms with van der Waals surface area (Å²) in [4.78, 5) is 10.8. The van der Waals surface area contributed by atoms with Gasteiger partial charge in [0.2, 0.25) is 0 Å². The average molecular weight is 180 g/mol. The topological polar surface area (TPSA) is 44.1 Å². The number of aromatic nitrogens is 2. The first-order chi connectivity index (χ1) is 6.13. The molecule has 0 aliphatic carbocycles. The van der Waals surface area contributed by atoms with Crippen LogP contribution in [0.4, 0.5) is 0 Å². The Kier molecular flexibility index (Phi) is 2.84. The molecule has 0 aliphatic rings. The molecule has 13 heavy (non-hydrogen) atoms. The van der Waals surface area contributed by atoms with Crippen LogP contribution >= 0.6 is 0 Å². The number of ether oxygens (including phenoxy) is 1. The normalized spacial score (nSPS) is 10.7. The van der Waals surface area contributed by atoms with Crippen LogP contribution in [0.25, 0.3) is 6.08 Å². The molecule has 0 spiro atoms. The maximum atomic E-state index is 10.8.